The molecule has 5 heteroatoms. The summed E-state index contributed by atoms with van der Waals surface area (Å²) in [7, 11) is 0. The number of H-pyrrole nitrogens is 1. The zero-order chi connectivity index (χ0) is 14.1. The maximum Gasteiger partial charge on any atom is 0.172 e. The fraction of sp³-hybridized carbons (Fsp3) is 0.250. The average Bonchev–Trinajstić information content (AvgIpc) is 3.25. The number of aromatic nitrogens is 3. The van der Waals surface area contributed by atoms with E-state index < -0.39 is 0 Å². The highest BCUT2D eigenvalue weighted by atomic mass is 32.2. The normalized spacial score (nSPS) is 14.7. The molecule has 2 aromatic heterocycles. The maximum atomic E-state index is 4.60. The van der Waals surface area contributed by atoms with E-state index in [1.165, 1.54) is 18.4 Å². The van der Waals surface area contributed by atoms with Crippen LogP contribution < -0.4 is 5.32 Å². The summed E-state index contributed by atoms with van der Waals surface area (Å²) in [5.41, 5.74) is 3.29. The highest BCUT2D eigenvalue weighted by Gasteiger charge is 2.20. The summed E-state index contributed by atoms with van der Waals surface area (Å²) in [6, 6.07) is 12.9. The second-order valence-corrected chi connectivity index (χ2v) is 6.26. The Morgan fingerprint density at radius 2 is 2.10 bits per heavy atom. The minimum absolute atomic E-state index is 0.703. The van der Waals surface area contributed by atoms with Crippen LogP contribution in [0.5, 0.6) is 0 Å². The number of rotatable bonds is 5. The van der Waals surface area contributed by atoms with Crippen molar-refractivity contribution in [3.05, 3.63) is 48.2 Å². The van der Waals surface area contributed by atoms with Crippen molar-refractivity contribution in [2.24, 2.45) is 0 Å². The van der Waals surface area contributed by atoms with E-state index in [1.54, 1.807) is 11.8 Å². The summed E-state index contributed by atoms with van der Waals surface area (Å²) in [4.78, 5) is 12.4. The van der Waals surface area contributed by atoms with Gasteiger partial charge in [0.25, 0.3) is 0 Å². The van der Waals surface area contributed by atoms with E-state index >= 15 is 0 Å². The Bertz CT molecular complexity index is 731. The third-order valence-electron chi connectivity index (χ3n) is 3.57. The molecule has 21 heavy (non-hydrogen) atoms. The molecule has 0 radical (unpaired) electrons. The fourth-order valence-corrected chi connectivity index (χ4v) is 3.13. The summed E-state index contributed by atoms with van der Waals surface area (Å²) in [6.07, 6.45) is 4.43. The van der Waals surface area contributed by atoms with Crippen LogP contribution >= 0.6 is 11.8 Å². The van der Waals surface area contributed by atoms with Gasteiger partial charge in [0.2, 0.25) is 0 Å². The SMILES string of the molecule is c1cnc(Sc2nc3ccccc3[nH]2)c(CNC2CC2)c1. The number of pyridine rings is 1. The van der Waals surface area contributed by atoms with Gasteiger partial charge in [-0.3, -0.25) is 0 Å². The molecule has 3 aromatic rings. The summed E-state index contributed by atoms with van der Waals surface area (Å²) in [6.45, 7) is 0.876. The van der Waals surface area contributed by atoms with Crippen molar-refractivity contribution in [1.29, 1.82) is 0 Å². The first-order valence-corrected chi connectivity index (χ1v) is 8.00. The maximum absolute atomic E-state index is 4.60. The van der Waals surface area contributed by atoms with Gasteiger partial charge in [-0.2, -0.15) is 0 Å². The predicted octanol–water partition coefficient (Wildman–Crippen LogP) is 3.36. The fourth-order valence-electron chi connectivity index (χ4n) is 2.26. The van der Waals surface area contributed by atoms with Crippen LogP contribution in [0.15, 0.2) is 52.8 Å². The highest BCUT2D eigenvalue weighted by Crippen LogP contribution is 2.28. The molecular weight excluding hydrogens is 280 g/mol. The number of hydrogen-bond donors (Lipinski definition) is 2. The van der Waals surface area contributed by atoms with Gasteiger partial charge >= 0.3 is 0 Å². The molecule has 2 heterocycles. The van der Waals surface area contributed by atoms with Crippen molar-refractivity contribution in [2.45, 2.75) is 35.6 Å². The monoisotopic (exact) mass is 296 g/mol. The average molecular weight is 296 g/mol. The van der Waals surface area contributed by atoms with E-state index in [4.69, 9.17) is 0 Å². The van der Waals surface area contributed by atoms with Crippen molar-refractivity contribution in [2.75, 3.05) is 0 Å². The van der Waals surface area contributed by atoms with Crippen LogP contribution in [0.4, 0.5) is 0 Å². The number of nitrogens with zero attached hydrogens (tertiary/aromatic N) is 2. The van der Waals surface area contributed by atoms with Crippen molar-refractivity contribution in [3.8, 4) is 0 Å². The second-order valence-electron chi connectivity index (χ2n) is 5.28. The van der Waals surface area contributed by atoms with Gasteiger partial charge in [-0.15, -0.1) is 0 Å². The molecule has 1 saturated carbocycles. The van der Waals surface area contributed by atoms with Gasteiger partial charge in [-0.1, -0.05) is 18.2 Å². The highest BCUT2D eigenvalue weighted by molar-refractivity contribution is 7.99. The van der Waals surface area contributed by atoms with E-state index in [-0.39, 0.29) is 0 Å². The minimum atomic E-state index is 0.703. The largest absolute Gasteiger partial charge is 0.333 e. The Morgan fingerprint density at radius 3 is 2.95 bits per heavy atom. The molecule has 1 aromatic carbocycles. The van der Waals surface area contributed by atoms with Crippen LogP contribution in [0.3, 0.4) is 0 Å². The Kier molecular flexibility index (Phi) is 3.37. The first-order chi connectivity index (χ1) is 10.4. The van der Waals surface area contributed by atoms with E-state index in [2.05, 4.69) is 26.3 Å². The van der Waals surface area contributed by atoms with E-state index in [0.29, 0.717) is 6.04 Å². The van der Waals surface area contributed by atoms with Crippen LogP contribution in [0, 0.1) is 0 Å². The molecule has 0 bridgehead atoms. The molecule has 0 amide bonds. The van der Waals surface area contributed by atoms with Crippen LogP contribution in [0.1, 0.15) is 18.4 Å². The molecule has 2 N–H and O–H groups in total. The van der Waals surface area contributed by atoms with Crippen LogP contribution in [0.25, 0.3) is 11.0 Å². The molecule has 0 unspecified atom stereocenters. The van der Waals surface area contributed by atoms with Gasteiger partial charge in [-0.25, -0.2) is 9.97 Å². The van der Waals surface area contributed by atoms with Crippen molar-refractivity contribution in [1.82, 2.24) is 20.3 Å². The van der Waals surface area contributed by atoms with Crippen LogP contribution in [0.2, 0.25) is 0 Å². The molecule has 0 atom stereocenters. The van der Waals surface area contributed by atoms with E-state index in [9.17, 15) is 0 Å². The Hall–Kier alpha value is -1.85. The quantitative estimate of drug-likeness (QED) is 0.758. The molecule has 4 nitrogen and oxygen atoms in total. The molecule has 1 aliphatic rings. The topological polar surface area (TPSA) is 53.6 Å². The lowest BCUT2D eigenvalue weighted by atomic mass is 10.3. The summed E-state index contributed by atoms with van der Waals surface area (Å²) in [5, 5.41) is 5.45. The Morgan fingerprint density at radius 1 is 1.19 bits per heavy atom. The Balaban J connectivity index is 1.57. The zero-order valence-corrected chi connectivity index (χ0v) is 12.4. The number of fused-ring (bicyclic) bond motifs is 1. The molecule has 0 saturated heterocycles. The van der Waals surface area contributed by atoms with Crippen LogP contribution in [-0.2, 0) is 6.54 Å². The number of benzene rings is 1. The van der Waals surface area contributed by atoms with Gasteiger partial charge < -0.3 is 10.3 Å². The van der Waals surface area contributed by atoms with E-state index in [0.717, 1.165) is 27.8 Å². The molecular formula is C16H16N4S. The molecule has 4 rings (SSSR count). The molecule has 1 aliphatic carbocycles. The lowest BCUT2D eigenvalue weighted by molar-refractivity contribution is 0.675. The third-order valence-corrected chi connectivity index (χ3v) is 4.52. The first kappa shape index (κ1) is 12.9. The standard InChI is InChI=1S/C16H16N4S/c1-2-6-14-13(5-1)19-16(20-14)21-15-11(4-3-9-17-15)10-18-12-7-8-12/h1-6,9,12,18H,7-8,10H2,(H,19,20). The lowest BCUT2D eigenvalue weighted by Gasteiger charge is -2.07. The number of imidazole rings is 1. The third kappa shape index (κ3) is 2.94. The van der Waals surface area contributed by atoms with Crippen molar-refractivity contribution < 1.29 is 0 Å². The first-order valence-electron chi connectivity index (χ1n) is 7.18. The van der Waals surface area contributed by atoms with Gasteiger partial charge in [0, 0.05) is 18.8 Å². The predicted molar refractivity (Wildman–Crippen MR) is 84.3 cm³/mol. The molecule has 1 fully saturated rings. The molecule has 0 spiro atoms. The zero-order valence-electron chi connectivity index (χ0n) is 11.5. The number of nitrogens with one attached hydrogen (secondary N) is 2. The summed E-state index contributed by atoms with van der Waals surface area (Å²) < 4.78 is 0. The van der Waals surface area contributed by atoms with Gasteiger partial charge in [0.15, 0.2) is 5.16 Å². The van der Waals surface area contributed by atoms with Crippen molar-refractivity contribution in [3.63, 3.8) is 0 Å². The number of aromatic amines is 1. The molecule has 106 valence electrons. The summed E-state index contributed by atoms with van der Waals surface area (Å²) in [5.74, 6) is 0. The smallest absolute Gasteiger partial charge is 0.172 e. The Labute approximate surface area is 127 Å². The molecule has 0 aliphatic heterocycles. The number of para-hydroxylation sites is 2. The number of hydrogen-bond acceptors (Lipinski definition) is 4. The van der Waals surface area contributed by atoms with Gasteiger partial charge in [0.05, 0.1) is 11.0 Å². The van der Waals surface area contributed by atoms with Crippen LogP contribution in [-0.4, -0.2) is 21.0 Å². The lowest BCUT2D eigenvalue weighted by Crippen LogP contribution is -2.16. The van der Waals surface area contributed by atoms with Gasteiger partial charge in [-0.05, 0) is 48.4 Å². The summed E-state index contributed by atoms with van der Waals surface area (Å²) >= 11 is 1.59. The second kappa shape index (κ2) is 5.50. The van der Waals surface area contributed by atoms with Gasteiger partial charge in [0.1, 0.15) is 5.03 Å². The van der Waals surface area contributed by atoms with E-state index in [1.807, 2.05) is 36.5 Å². The van der Waals surface area contributed by atoms with Crippen molar-refractivity contribution >= 4 is 22.8 Å². The minimum Gasteiger partial charge on any atom is -0.333 e.